The fourth-order valence-electron chi connectivity index (χ4n) is 8.18. The van der Waals surface area contributed by atoms with Gasteiger partial charge in [-0.15, -0.1) is 0 Å². The molecule has 1 fully saturated rings. The molecule has 0 spiro atoms. The molecule has 0 aromatic rings. The molecule has 0 aliphatic heterocycles. The van der Waals surface area contributed by atoms with Crippen molar-refractivity contribution in [2.24, 2.45) is 28.1 Å². The predicted octanol–water partition coefficient (Wildman–Crippen LogP) is 6.41. The van der Waals surface area contributed by atoms with Gasteiger partial charge in [-0.3, -0.25) is 0 Å². The second-order valence-corrected chi connectivity index (χ2v) is 11.6. The molecule has 0 heterocycles. The molecule has 1 N–H and O–H groups in total. The fourth-order valence-corrected chi connectivity index (χ4v) is 8.18. The van der Waals surface area contributed by atoms with Gasteiger partial charge >= 0.3 is 0 Å². The molecule has 3 heteroatoms. The topological polar surface area (TPSA) is 38.7 Å². The standard InChI is InChI=1S/C27H44O3/c1-8-29-18(3)30-24-14-16-27(7)22-13-15-26(6)20(17(2)28)10-11-21(26)19(22)9-12-23(27)25(24,4)5/h11,17-18,20,23-24,28H,8-10,12-16H2,1-7H3/t17-,18?,20+,23-,24-,26+,27+/m0/s1. The number of aliphatic hydroxyl groups is 1. The van der Waals surface area contributed by atoms with E-state index in [9.17, 15) is 5.11 Å². The Morgan fingerprint density at radius 1 is 1.07 bits per heavy atom. The molecule has 0 saturated heterocycles. The largest absolute Gasteiger partial charge is 0.393 e. The fraction of sp³-hybridized carbons (Fsp3) is 0.852. The van der Waals surface area contributed by atoms with Gasteiger partial charge in [0.05, 0.1) is 12.2 Å². The van der Waals surface area contributed by atoms with Crippen molar-refractivity contribution >= 4 is 0 Å². The van der Waals surface area contributed by atoms with Crippen molar-refractivity contribution < 1.29 is 14.6 Å². The first kappa shape index (κ1) is 22.6. The first-order chi connectivity index (χ1) is 14.1. The Morgan fingerprint density at radius 2 is 1.80 bits per heavy atom. The molecule has 0 aromatic carbocycles. The Bertz CT molecular complexity index is 732. The normalized spacial score (nSPS) is 42.1. The van der Waals surface area contributed by atoms with E-state index < -0.39 is 0 Å². The number of hydrogen-bond acceptors (Lipinski definition) is 3. The zero-order valence-electron chi connectivity index (χ0n) is 20.4. The second-order valence-electron chi connectivity index (χ2n) is 11.6. The van der Waals surface area contributed by atoms with Gasteiger partial charge in [0.15, 0.2) is 6.29 Å². The minimum Gasteiger partial charge on any atom is -0.393 e. The number of allylic oxidation sites excluding steroid dienone is 4. The van der Waals surface area contributed by atoms with Gasteiger partial charge in [-0.1, -0.05) is 39.3 Å². The quantitative estimate of drug-likeness (QED) is 0.526. The van der Waals surface area contributed by atoms with Crippen LogP contribution in [0.5, 0.6) is 0 Å². The molecule has 4 rings (SSSR count). The van der Waals surface area contributed by atoms with Crippen LogP contribution in [0.1, 0.15) is 93.4 Å². The zero-order valence-corrected chi connectivity index (χ0v) is 20.4. The van der Waals surface area contributed by atoms with E-state index in [2.05, 4.69) is 33.8 Å². The van der Waals surface area contributed by atoms with Gasteiger partial charge in [-0.05, 0) is 105 Å². The molecular weight excluding hydrogens is 372 g/mol. The van der Waals surface area contributed by atoms with Gasteiger partial charge in [-0.2, -0.15) is 0 Å². The SMILES string of the molecule is CCOC(C)O[C@H]1CC[C@]2(C)C3=C(CC[C@H]2C1(C)C)C1=CC[C@H]([C@H](C)O)[C@@]1(C)CC3. The van der Waals surface area contributed by atoms with E-state index in [0.717, 1.165) is 12.8 Å². The summed E-state index contributed by atoms with van der Waals surface area (Å²) in [6.45, 7) is 16.6. The molecule has 30 heavy (non-hydrogen) atoms. The van der Waals surface area contributed by atoms with Crippen molar-refractivity contribution in [1.82, 2.24) is 0 Å². The molecule has 4 aliphatic rings. The number of ether oxygens (including phenoxy) is 2. The number of fused-ring (bicyclic) bond motifs is 4. The summed E-state index contributed by atoms with van der Waals surface area (Å²) in [5, 5.41) is 10.4. The predicted molar refractivity (Wildman–Crippen MR) is 122 cm³/mol. The first-order valence-corrected chi connectivity index (χ1v) is 12.4. The van der Waals surface area contributed by atoms with E-state index in [1.165, 1.54) is 32.1 Å². The van der Waals surface area contributed by atoms with Crippen molar-refractivity contribution in [2.75, 3.05) is 6.61 Å². The summed E-state index contributed by atoms with van der Waals surface area (Å²) in [5.41, 5.74) is 5.59. The molecule has 4 aliphatic carbocycles. The van der Waals surface area contributed by atoms with E-state index >= 15 is 0 Å². The van der Waals surface area contributed by atoms with Crippen molar-refractivity contribution in [3.8, 4) is 0 Å². The van der Waals surface area contributed by atoms with Crippen LogP contribution < -0.4 is 0 Å². The van der Waals surface area contributed by atoms with Crippen molar-refractivity contribution in [3.63, 3.8) is 0 Å². The van der Waals surface area contributed by atoms with Crippen LogP contribution in [-0.4, -0.2) is 30.2 Å². The molecule has 0 amide bonds. The van der Waals surface area contributed by atoms with Crippen molar-refractivity contribution in [2.45, 2.75) is 112 Å². The molecular formula is C27H44O3. The maximum Gasteiger partial charge on any atom is 0.155 e. The van der Waals surface area contributed by atoms with Crippen LogP contribution in [0.2, 0.25) is 0 Å². The van der Waals surface area contributed by atoms with E-state index in [4.69, 9.17) is 9.47 Å². The smallest absolute Gasteiger partial charge is 0.155 e. The maximum absolute atomic E-state index is 10.4. The number of hydrogen-bond donors (Lipinski definition) is 1. The van der Waals surface area contributed by atoms with Crippen LogP contribution in [-0.2, 0) is 9.47 Å². The van der Waals surface area contributed by atoms with Crippen LogP contribution >= 0.6 is 0 Å². The lowest BCUT2D eigenvalue weighted by molar-refractivity contribution is -0.214. The van der Waals surface area contributed by atoms with Crippen LogP contribution in [0, 0.1) is 28.1 Å². The van der Waals surface area contributed by atoms with E-state index in [0.29, 0.717) is 18.4 Å². The molecule has 170 valence electrons. The van der Waals surface area contributed by atoms with Gasteiger partial charge in [0.25, 0.3) is 0 Å². The van der Waals surface area contributed by atoms with Crippen LogP contribution in [0.4, 0.5) is 0 Å². The second kappa shape index (κ2) is 7.74. The highest BCUT2D eigenvalue weighted by molar-refractivity contribution is 5.49. The van der Waals surface area contributed by atoms with Gasteiger partial charge in [0, 0.05) is 6.61 Å². The third kappa shape index (κ3) is 3.26. The third-order valence-electron chi connectivity index (χ3n) is 9.73. The summed E-state index contributed by atoms with van der Waals surface area (Å²) in [6, 6.07) is 0. The summed E-state index contributed by atoms with van der Waals surface area (Å²) >= 11 is 0. The lowest BCUT2D eigenvalue weighted by Gasteiger charge is -2.60. The summed E-state index contributed by atoms with van der Waals surface area (Å²) in [7, 11) is 0. The highest BCUT2D eigenvalue weighted by Gasteiger charge is 2.58. The molecule has 3 nitrogen and oxygen atoms in total. The monoisotopic (exact) mass is 416 g/mol. The lowest BCUT2D eigenvalue weighted by Crippen LogP contribution is -2.54. The van der Waals surface area contributed by atoms with E-state index in [-0.39, 0.29) is 34.7 Å². The van der Waals surface area contributed by atoms with Gasteiger partial charge < -0.3 is 14.6 Å². The Labute approximate surface area is 184 Å². The van der Waals surface area contributed by atoms with Crippen LogP contribution in [0.25, 0.3) is 0 Å². The third-order valence-corrected chi connectivity index (χ3v) is 9.73. The van der Waals surface area contributed by atoms with E-state index in [1.807, 2.05) is 20.8 Å². The molecule has 0 aromatic heterocycles. The molecule has 0 bridgehead atoms. The Hall–Kier alpha value is -0.640. The van der Waals surface area contributed by atoms with Gasteiger partial charge in [-0.25, -0.2) is 0 Å². The van der Waals surface area contributed by atoms with Gasteiger partial charge in [0.2, 0.25) is 0 Å². The molecule has 7 atom stereocenters. The van der Waals surface area contributed by atoms with Crippen LogP contribution in [0.15, 0.2) is 22.8 Å². The van der Waals surface area contributed by atoms with E-state index in [1.54, 1.807) is 16.7 Å². The Balaban J connectivity index is 1.63. The lowest BCUT2D eigenvalue weighted by atomic mass is 9.46. The summed E-state index contributed by atoms with van der Waals surface area (Å²) < 4.78 is 12.1. The Morgan fingerprint density at radius 3 is 2.47 bits per heavy atom. The molecule has 0 radical (unpaired) electrons. The average Bonchev–Trinajstić information content (AvgIpc) is 3.02. The first-order valence-electron chi connectivity index (χ1n) is 12.4. The average molecular weight is 417 g/mol. The highest BCUT2D eigenvalue weighted by Crippen LogP contribution is 2.66. The Kier molecular flexibility index (Phi) is 5.82. The molecule has 1 unspecified atom stereocenters. The zero-order chi connectivity index (χ0) is 21.9. The highest BCUT2D eigenvalue weighted by atomic mass is 16.7. The minimum atomic E-state index is -0.225. The number of rotatable bonds is 5. The van der Waals surface area contributed by atoms with Crippen LogP contribution in [0.3, 0.4) is 0 Å². The number of aliphatic hydroxyl groups excluding tert-OH is 1. The minimum absolute atomic E-state index is 0.126. The maximum atomic E-state index is 10.4. The summed E-state index contributed by atoms with van der Waals surface area (Å²) in [5.74, 6) is 1.03. The summed E-state index contributed by atoms with van der Waals surface area (Å²) in [4.78, 5) is 0. The summed E-state index contributed by atoms with van der Waals surface area (Å²) in [6.07, 6.45) is 10.6. The van der Waals surface area contributed by atoms with Crippen molar-refractivity contribution in [3.05, 3.63) is 22.8 Å². The van der Waals surface area contributed by atoms with Crippen molar-refractivity contribution in [1.29, 1.82) is 0 Å². The van der Waals surface area contributed by atoms with Gasteiger partial charge in [0.1, 0.15) is 0 Å². The molecule has 1 saturated carbocycles.